The minimum atomic E-state index is -0.202. The molecule has 0 saturated carbocycles. The molecule has 0 aliphatic heterocycles. The fraction of sp³-hybridized carbons (Fsp3) is 0.0952. The van der Waals surface area contributed by atoms with E-state index < -0.39 is 0 Å². The van der Waals surface area contributed by atoms with Crippen LogP contribution in [0.3, 0.4) is 0 Å². The van der Waals surface area contributed by atoms with E-state index in [2.05, 4.69) is 28.5 Å². The zero-order chi connectivity index (χ0) is 17.8. The van der Waals surface area contributed by atoms with Crippen LogP contribution < -0.4 is 5.32 Å². The summed E-state index contributed by atoms with van der Waals surface area (Å²) < 4.78 is 1.98. The number of carbonyl (C=O) groups is 1. The highest BCUT2D eigenvalue weighted by Crippen LogP contribution is 2.19. The van der Waals surface area contributed by atoms with E-state index in [4.69, 9.17) is 5.10 Å². The van der Waals surface area contributed by atoms with Gasteiger partial charge in [-0.1, -0.05) is 54.6 Å². The lowest BCUT2D eigenvalue weighted by atomic mass is 10.2. The Balaban J connectivity index is 1.58. The van der Waals surface area contributed by atoms with Gasteiger partial charge in [0.25, 0.3) is 5.91 Å². The molecule has 4 rings (SSSR count). The van der Waals surface area contributed by atoms with Crippen molar-refractivity contribution in [1.29, 1.82) is 0 Å². The summed E-state index contributed by atoms with van der Waals surface area (Å²) in [4.78, 5) is 16.3. The van der Waals surface area contributed by atoms with Crippen LogP contribution in [0.4, 0.5) is 0 Å². The molecule has 26 heavy (non-hydrogen) atoms. The Morgan fingerprint density at radius 1 is 0.923 bits per heavy atom. The van der Waals surface area contributed by atoms with Crippen molar-refractivity contribution in [3.05, 3.63) is 95.9 Å². The lowest BCUT2D eigenvalue weighted by Gasteiger charge is -2.04. The number of nitrogens with one attached hydrogen (secondary N) is 1. The molecule has 0 fully saturated rings. The van der Waals surface area contributed by atoms with Gasteiger partial charge in [0.1, 0.15) is 5.69 Å². The van der Waals surface area contributed by atoms with Gasteiger partial charge in [0.2, 0.25) is 0 Å². The maximum absolute atomic E-state index is 12.2. The number of amides is 1. The Hall–Kier alpha value is -3.47. The normalized spacial score (nSPS) is 10.8. The van der Waals surface area contributed by atoms with Crippen LogP contribution in [-0.4, -0.2) is 20.7 Å². The fourth-order valence-electron chi connectivity index (χ4n) is 2.96. The van der Waals surface area contributed by atoms with Crippen molar-refractivity contribution in [1.82, 2.24) is 20.1 Å². The number of aromatic nitrogens is 3. The maximum atomic E-state index is 12.2. The van der Waals surface area contributed by atoms with Crippen LogP contribution in [0.15, 0.2) is 79.0 Å². The second kappa shape index (κ2) is 7.19. The van der Waals surface area contributed by atoms with Gasteiger partial charge in [-0.3, -0.25) is 14.5 Å². The van der Waals surface area contributed by atoms with Gasteiger partial charge in [-0.25, -0.2) is 0 Å². The first kappa shape index (κ1) is 16.0. The first-order chi connectivity index (χ1) is 12.8. The SMILES string of the molecule is O=C(NCc1nn(Cc2ccccc2)c2ccccc12)c1ccccn1. The number of nitrogens with zero attached hydrogens (tertiary/aromatic N) is 3. The van der Waals surface area contributed by atoms with E-state index in [1.54, 1.807) is 24.4 Å². The van der Waals surface area contributed by atoms with Crippen molar-refractivity contribution in [2.45, 2.75) is 13.1 Å². The standard InChI is InChI=1S/C21H18N4O/c26-21(18-11-6-7-13-22-18)23-14-19-17-10-4-5-12-20(17)25(24-19)15-16-8-2-1-3-9-16/h1-13H,14-15H2,(H,23,26). The average molecular weight is 342 g/mol. The smallest absolute Gasteiger partial charge is 0.270 e. The zero-order valence-electron chi connectivity index (χ0n) is 14.2. The second-order valence-corrected chi connectivity index (χ2v) is 6.00. The topological polar surface area (TPSA) is 59.8 Å². The van der Waals surface area contributed by atoms with E-state index in [0.29, 0.717) is 18.8 Å². The Kier molecular flexibility index (Phi) is 4.43. The number of carbonyl (C=O) groups excluding carboxylic acids is 1. The predicted molar refractivity (Wildman–Crippen MR) is 101 cm³/mol. The van der Waals surface area contributed by atoms with E-state index in [0.717, 1.165) is 16.6 Å². The molecule has 0 aliphatic carbocycles. The lowest BCUT2D eigenvalue weighted by molar-refractivity contribution is 0.0945. The predicted octanol–water partition coefficient (Wildman–Crippen LogP) is 3.41. The molecule has 0 bridgehead atoms. The summed E-state index contributed by atoms with van der Waals surface area (Å²) in [6.45, 7) is 1.05. The molecule has 5 heteroatoms. The maximum Gasteiger partial charge on any atom is 0.270 e. The molecule has 1 N–H and O–H groups in total. The van der Waals surface area contributed by atoms with E-state index in [1.807, 2.05) is 41.1 Å². The summed E-state index contributed by atoms with van der Waals surface area (Å²) in [7, 11) is 0. The molecule has 2 heterocycles. The first-order valence-electron chi connectivity index (χ1n) is 8.49. The fourth-order valence-corrected chi connectivity index (χ4v) is 2.96. The van der Waals surface area contributed by atoms with Gasteiger partial charge in [0.05, 0.1) is 24.3 Å². The number of hydrogen-bond acceptors (Lipinski definition) is 3. The van der Waals surface area contributed by atoms with Crippen LogP contribution in [0, 0.1) is 0 Å². The highest BCUT2D eigenvalue weighted by Gasteiger charge is 2.12. The molecule has 1 amide bonds. The van der Waals surface area contributed by atoms with Crippen molar-refractivity contribution in [2.75, 3.05) is 0 Å². The average Bonchev–Trinajstić information content (AvgIpc) is 3.05. The number of fused-ring (bicyclic) bond motifs is 1. The van der Waals surface area contributed by atoms with Gasteiger partial charge in [-0.15, -0.1) is 0 Å². The highest BCUT2D eigenvalue weighted by atomic mass is 16.1. The number of rotatable bonds is 5. The molecule has 2 aromatic carbocycles. The first-order valence-corrected chi connectivity index (χ1v) is 8.49. The van der Waals surface area contributed by atoms with Crippen LogP contribution in [0.1, 0.15) is 21.7 Å². The molecule has 0 radical (unpaired) electrons. The van der Waals surface area contributed by atoms with Crippen LogP contribution >= 0.6 is 0 Å². The zero-order valence-corrected chi connectivity index (χ0v) is 14.2. The Labute approximate surface area is 151 Å². The third kappa shape index (κ3) is 3.32. The number of para-hydroxylation sites is 1. The van der Waals surface area contributed by atoms with Crippen molar-refractivity contribution in [3.63, 3.8) is 0 Å². The summed E-state index contributed by atoms with van der Waals surface area (Å²) >= 11 is 0. The van der Waals surface area contributed by atoms with Gasteiger partial charge in [0, 0.05) is 11.6 Å². The van der Waals surface area contributed by atoms with Gasteiger partial charge < -0.3 is 5.32 Å². The molecule has 2 aromatic heterocycles. The van der Waals surface area contributed by atoms with E-state index in [-0.39, 0.29) is 5.91 Å². The van der Waals surface area contributed by atoms with E-state index in [9.17, 15) is 4.79 Å². The lowest BCUT2D eigenvalue weighted by Crippen LogP contribution is -2.24. The quantitative estimate of drug-likeness (QED) is 0.605. The van der Waals surface area contributed by atoms with Gasteiger partial charge >= 0.3 is 0 Å². The summed E-state index contributed by atoms with van der Waals surface area (Å²) in [6.07, 6.45) is 1.61. The van der Waals surface area contributed by atoms with Crippen LogP contribution in [-0.2, 0) is 13.1 Å². The largest absolute Gasteiger partial charge is 0.345 e. The summed E-state index contributed by atoms with van der Waals surface area (Å²) in [6, 6.07) is 23.6. The van der Waals surface area contributed by atoms with Crippen molar-refractivity contribution >= 4 is 16.8 Å². The molecule has 0 saturated heterocycles. The minimum Gasteiger partial charge on any atom is -0.345 e. The molecular formula is C21H18N4O. The Morgan fingerprint density at radius 3 is 2.50 bits per heavy atom. The van der Waals surface area contributed by atoms with Crippen LogP contribution in [0.25, 0.3) is 10.9 Å². The monoisotopic (exact) mass is 342 g/mol. The van der Waals surface area contributed by atoms with Gasteiger partial charge in [-0.2, -0.15) is 5.10 Å². The van der Waals surface area contributed by atoms with Crippen molar-refractivity contribution in [2.24, 2.45) is 0 Å². The Bertz CT molecular complexity index is 1030. The number of hydrogen-bond donors (Lipinski definition) is 1. The van der Waals surface area contributed by atoms with Crippen molar-refractivity contribution < 1.29 is 4.79 Å². The van der Waals surface area contributed by atoms with Crippen LogP contribution in [0.2, 0.25) is 0 Å². The van der Waals surface area contributed by atoms with Crippen molar-refractivity contribution in [3.8, 4) is 0 Å². The minimum absolute atomic E-state index is 0.202. The highest BCUT2D eigenvalue weighted by molar-refractivity contribution is 5.92. The third-order valence-corrected chi connectivity index (χ3v) is 4.22. The molecule has 0 spiro atoms. The molecule has 128 valence electrons. The van der Waals surface area contributed by atoms with Crippen LogP contribution in [0.5, 0.6) is 0 Å². The number of pyridine rings is 1. The molecule has 0 unspecified atom stereocenters. The van der Waals surface area contributed by atoms with E-state index >= 15 is 0 Å². The molecule has 4 aromatic rings. The summed E-state index contributed by atoms with van der Waals surface area (Å²) in [5, 5.41) is 8.69. The Morgan fingerprint density at radius 2 is 1.69 bits per heavy atom. The molecule has 0 atom stereocenters. The third-order valence-electron chi connectivity index (χ3n) is 4.22. The van der Waals surface area contributed by atoms with Gasteiger partial charge in [0.15, 0.2) is 0 Å². The van der Waals surface area contributed by atoms with E-state index in [1.165, 1.54) is 5.56 Å². The molecular weight excluding hydrogens is 324 g/mol. The van der Waals surface area contributed by atoms with Gasteiger partial charge in [-0.05, 0) is 23.8 Å². The summed E-state index contributed by atoms with van der Waals surface area (Å²) in [5.74, 6) is -0.202. The number of benzene rings is 2. The molecule has 0 aliphatic rings. The second-order valence-electron chi connectivity index (χ2n) is 6.00. The molecule has 5 nitrogen and oxygen atoms in total. The summed E-state index contributed by atoms with van der Waals surface area (Å²) in [5.41, 5.74) is 3.49.